The van der Waals surface area contributed by atoms with E-state index in [1.165, 1.54) is 11.1 Å². The Bertz CT molecular complexity index is 551. The average molecular weight is 269 g/mol. The molecule has 3 nitrogen and oxygen atoms in total. The van der Waals surface area contributed by atoms with Crippen LogP contribution in [0.15, 0.2) is 42.6 Å². The van der Waals surface area contributed by atoms with Gasteiger partial charge in [0.2, 0.25) is 0 Å². The summed E-state index contributed by atoms with van der Waals surface area (Å²) in [5.41, 5.74) is 4.89. The molecular weight excluding hydrogens is 246 g/mol. The summed E-state index contributed by atoms with van der Waals surface area (Å²) in [6.07, 6.45) is 1.87. The predicted molar refractivity (Wildman–Crippen MR) is 84.8 cm³/mol. The lowest BCUT2D eigenvalue weighted by atomic mass is 10.1. The molecule has 1 aromatic heterocycles. The highest BCUT2D eigenvalue weighted by Gasteiger charge is 2.04. The van der Waals surface area contributed by atoms with Crippen molar-refractivity contribution in [2.45, 2.75) is 26.9 Å². The SMILES string of the molecule is CCNc1ccnc(CN(C)Cc2cccc(C)c2)c1. The minimum absolute atomic E-state index is 0.854. The third kappa shape index (κ3) is 4.35. The fraction of sp³-hybridized carbons (Fsp3) is 0.353. The van der Waals surface area contributed by atoms with Crippen molar-refractivity contribution >= 4 is 5.69 Å². The van der Waals surface area contributed by atoms with E-state index in [4.69, 9.17) is 0 Å². The predicted octanol–water partition coefficient (Wildman–Crippen LogP) is 3.45. The van der Waals surface area contributed by atoms with Crippen molar-refractivity contribution in [1.29, 1.82) is 0 Å². The van der Waals surface area contributed by atoms with E-state index in [9.17, 15) is 0 Å². The number of anilines is 1. The maximum Gasteiger partial charge on any atom is 0.0564 e. The zero-order valence-corrected chi connectivity index (χ0v) is 12.6. The molecule has 2 rings (SSSR count). The van der Waals surface area contributed by atoms with E-state index in [0.717, 1.165) is 31.0 Å². The molecule has 2 aromatic rings. The van der Waals surface area contributed by atoms with Crippen LogP contribution in [0.3, 0.4) is 0 Å². The highest BCUT2D eigenvalue weighted by Crippen LogP contribution is 2.12. The Labute approximate surface area is 121 Å². The van der Waals surface area contributed by atoms with Crippen molar-refractivity contribution in [3.05, 3.63) is 59.4 Å². The van der Waals surface area contributed by atoms with E-state index in [1.54, 1.807) is 0 Å². The minimum Gasteiger partial charge on any atom is -0.385 e. The Morgan fingerprint density at radius 3 is 2.75 bits per heavy atom. The van der Waals surface area contributed by atoms with Gasteiger partial charge in [0.1, 0.15) is 0 Å². The van der Waals surface area contributed by atoms with Crippen molar-refractivity contribution in [2.24, 2.45) is 0 Å². The van der Waals surface area contributed by atoms with Gasteiger partial charge in [0.15, 0.2) is 0 Å². The minimum atomic E-state index is 0.854. The summed E-state index contributed by atoms with van der Waals surface area (Å²) in [6, 6.07) is 12.8. The average Bonchev–Trinajstić information content (AvgIpc) is 2.39. The number of benzene rings is 1. The van der Waals surface area contributed by atoms with Crippen molar-refractivity contribution in [2.75, 3.05) is 18.9 Å². The molecule has 20 heavy (non-hydrogen) atoms. The molecule has 0 aliphatic rings. The molecule has 0 radical (unpaired) electrons. The van der Waals surface area contributed by atoms with Crippen molar-refractivity contribution in [3.8, 4) is 0 Å². The van der Waals surface area contributed by atoms with E-state index < -0.39 is 0 Å². The van der Waals surface area contributed by atoms with Gasteiger partial charge >= 0.3 is 0 Å². The van der Waals surface area contributed by atoms with Crippen molar-refractivity contribution < 1.29 is 0 Å². The number of nitrogens with one attached hydrogen (secondary N) is 1. The quantitative estimate of drug-likeness (QED) is 0.870. The number of aryl methyl sites for hydroxylation is 1. The number of nitrogens with zero attached hydrogens (tertiary/aromatic N) is 2. The van der Waals surface area contributed by atoms with Crippen molar-refractivity contribution in [3.63, 3.8) is 0 Å². The van der Waals surface area contributed by atoms with E-state index in [-0.39, 0.29) is 0 Å². The number of hydrogen-bond donors (Lipinski definition) is 1. The zero-order valence-electron chi connectivity index (χ0n) is 12.6. The molecule has 0 aliphatic carbocycles. The van der Waals surface area contributed by atoms with Crippen LogP contribution in [0.1, 0.15) is 23.7 Å². The first-order valence-corrected chi connectivity index (χ1v) is 7.10. The monoisotopic (exact) mass is 269 g/mol. The van der Waals surface area contributed by atoms with E-state index in [1.807, 2.05) is 12.3 Å². The lowest BCUT2D eigenvalue weighted by molar-refractivity contribution is 0.315. The van der Waals surface area contributed by atoms with E-state index >= 15 is 0 Å². The third-order valence-corrected chi connectivity index (χ3v) is 3.16. The standard InChI is InChI=1S/C17H23N3/c1-4-18-16-8-9-19-17(11-16)13-20(3)12-15-7-5-6-14(2)10-15/h5-11H,4,12-13H2,1-3H3,(H,18,19). The molecule has 0 aliphatic heterocycles. The Morgan fingerprint density at radius 1 is 1.15 bits per heavy atom. The Balaban J connectivity index is 1.97. The van der Waals surface area contributed by atoms with Crippen LogP contribution >= 0.6 is 0 Å². The highest BCUT2D eigenvalue weighted by molar-refractivity contribution is 5.42. The van der Waals surface area contributed by atoms with Gasteiger partial charge in [0.25, 0.3) is 0 Å². The number of aromatic nitrogens is 1. The molecule has 0 unspecified atom stereocenters. The molecule has 0 saturated heterocycles. The molecule has 0 amide bonds. The fourth-order valence-corrected chi connectivity index (χ4v) is 2.33. The second kappa shape index (κ2) is 7.06. The summed E-state index contributed by atoms with van der Waals surface area (Å²) in [5.74, 6) is 0. The molecule has 1 aromatic carbocycles. The van der Waals surface area contributed by atoms with Gasteiger partial charge in [-0.1, -0.05) is 29.8 Å². The molecule has 3 heteroatoms. The molecule has 0 atom stereocenters. The number of hydrogen-bond acceptors (Lipinski definition) is 3. The van der Waals surface area contributed by atoms with Gasteiger partial charge in [-0.05, 0) is 38.6 Å². The molecule has 0 bridgehead atoms. The van der Waals surface area contributed by atoms with Gasteiger partial charge in [0, 0.05) is 31.5 Å². The Hall–Kier alpha value is -1.87. The molecule has 1 N–H and O–H groups in total. The summed E-state index contributed by atoms with van der Waals surface area (Å²) < 4.78 is 0. The van der Waals surface area contributed by atoms with Gasteiger partial charge in [-0.2, -0.15) is 0 Å². The van der Waals surface area contributed by atoms with Gasteiger partial charge in [-0.3, -0.25) is 9.88 Å². The molecular formula is C17H23N3. The van der Waals surface area contributed by atoms with Crippen LogP contribution in [0.25, 0.3) is 0 Å². The van der Waals surface area contributed by atoms with Gasteiger partial charge in [-0.15, -0.1) is 0 Å². The van der Waals surface area contributed by atoms with Gasteiger partial charge < -0.3 is 5.32 Å². The number of pyridine rings is 1. The zero-order chi connectivity index (χ0) is 14.4. The maximum absolute atomic E-state index is 4.44. The first-order valence-electron chi connectivity index (χ1n) is 7.10. The Morgan fingerprint density at radius 2 is 2.00 bits per heavy atom. The summed E-state index contributed by atoms with van der Waals surface area (Å²) >= 11 is 0. The molecule has 106 valence electrons. The smallest absolute Gasteiger partial charge is 0.0564 e. The van der Waals surface area contributed by atoms with Crippen LogP contribution in [-0.2, 0) is 13.1 Å². The number of rotatable bonds is 6. The first-order chi connectivity index (χ1) is 9.67. The molecule has 0 saturated carbocycles. The lowest BCUT2D eigenvalue weighted by Crippen LogP contribution is -2.18. The topological polar surface area (TPSA) is 28.2 Å². The fourth-order valence-electron chi connectivity index (χ4n) is 2.33. The van der Waals surface area contributed by atoms with Crippen LogP contribution in [0, 0.1) is 6.92 Å². The summed E-state index contributed by atoms with van der Waals surface area (Å²) in [7, 11) is 2.13. The second-order valence-electron chi connectivity index (χ2n) is 5.23. The van der Waals surface area contributed by atoms with E-state index in [0.29, 0.717) is 0 Å². The third-order valence-electron chi connectivity index (χ3n) is 3.16. The second-order valence-corrected chi connectivity index (χ2v) is 5.23. The molecule has 0 spiro atoms. The van der Waals surface area contributed by atoms with Crippen LogP contribution in [-0.4, -0.2) is 23.5 Å². The Kier molecular flexibility index (Phi) is 5.13. The van der Waals surface area contributed by atoms with Gasteiger partial charge in [-0.25, -0.2) is 0 Å². The van der Waals surface area contributed by atoms with Crippen LogP contribution < -0.4 is 5.32 Å². The van der Waals surface area contributed by atoms with Gasteiger partial charge in [0.05, 0.1) is 5.69 Å². The first kappa shape index (κ1) is 14.5. The summed E-state index contributed by atoms with van der Waals surface area (Å²) in [4.78, 5) is 6.72. The van der Waals surface area contributed by atoms with E-state index in [2.05, 4.69) is 66.4 Å². The lowest BCUT2D eigenvalue weighted by Gasteiger charge is -2.17. The summed E-state index contributed by atoms with van der Waals surface area (Å²) in [5, 5.41) is 3.32. The van der Waals surface area contributed by atoms with Crippen LogP contribution in [0.2, 0.25) is 0 Å². The molecule has 1 heterocycles. The van der Waals surface area contributed by atoms with Crippen molar-refractivity contribution in [1.82, 2.24) is 9.88 Å². The highest BCUT2D eigenvalue weighted by atomic mass is 15.1. The normalized spacial score (nSPS) is 10.8. The molecule has 0 fully saturated rings. The van der Waals surface area contributed by atoms with Crippen LogP contribution in [0.4, 0.5) is 5.69 Å². The largest absolute Gasteiger partial charge is 0.385 e. The summed E-state index contributed by atoms with van der Waals surface area (Å²) in [6.45, 7) is 6.96. The maximum atomic E-state index is 4.44. The van der Waals surface area contributed by atoms with Crippen LogP contribution in [0.5, 0.6) is 0 Å².